The van der Waals surface area contributed by atoms with Crippen LogP contribution in [0.15, 0.2) is 0 Å². The summed E-state index contributed by atoms with van der Waals surface area (Å²) in [5.41, 5.74) is 0. The largest absolute Gasteiger partial charge is 0.469 e. The molecular weight excluding hydrogens is 166 g/mol. The fourth-order valence-electron chi connectivity index (χ4n) is 2.84. The number of nitrogens with zero attached hydrogens (tertiary/aromatic N) is 1. The minimum Gasteiger partial charge on any atom is -0.469 e. The van der Waals surface area contributed by atoms with Crippen LogP contribution in [0.4, 0.5) is 0 Å². The lowest BCUT2D eigenvalue weighted by Crippen LogP contribution is -2.60. The van der Waals surface area contributed by atoms with E-state index in [0.29, 0.717) is 5.92 Å². The molecule has 0 saturated carbocycles. The molecule has 0 amide bonds. The Hall–Kier alpha value is -0.570. The Morgan fingerprint density at radius 2 is 2.00 bits per heavy atom. The number of esters is 1. The molecule has 0 aromatic heterocycles. The maximum absolute atomic E-state index is 11.5. The van der Waals surface area contributed by atoms with Crippen molar-refractivity contribution in [2.75, 3.05) is 33.8 Å². The highest BCUT2D eigenvalue weighted by Gasteiger charge is 2.46. The van der Waals surface area contributed by atoms with Crippen LogP contribution < -0.4 is 0 Å². The van der Waals surface area contributed by atoms with E-state index in [-0.39, 0.29) is 11.9 Å². The zero-order valence-electron chi connectivity index (χ0n) is 8.45. The SMILES string of the molecule is COC(=O)[C@@H]1C[N+]2(C)CCC1CC2. The summed E-state index contributed by atoms with van der Waals surface area (Å²) in [7, 11) is 3.76. The number of ether oxygens (including phenoxy) is 1. The van der Waals surface area contributed by atoms with Gasteiger partial charge in [-0.3, -0.25) is 4.79 Å². The third kappa shape index (κ3) is 1.46. The van der Waals surface area contributed by atoms with E-state index in [1.54, 1.807) is 0 Å². The summed E-state index contributed by atoms with van der Waals surface area (Å²) >= 11 is 0. The molecule has 0 N–H and O–H groups in total. The van der Waals surface area contributed by atoms with Gasteiger partial charge in [0.25, 0.3) is 0 Å². The van der Waals surface area contributed by atoms with Crippen molar-refractivity contribution in [3.05, 3.63) is 0 Å². The van der Waals surface area contributed by atoms with Gasteiger partial charge in [-0.15, -0.1) is 0 Å². The first-order valence-electron chi connectivity index (χ1n) is 5.06. The van der Waals surface area contributed by atoms with Crippen molar-refractivity contribution in [3.8, 4) is 0 Å². The van der Waals surface area contributed by atoms with Crippen molar-refractivity contribution in [2.24, 2.45) is 11.8 Å². The zero-order valence-corrected chi connectivity index (χ0v) is 8.45. The smallest absolute Gasteiger partial charge is 0.314 e. The van der Waals surface area contributed by atoms with Gasteiger partial charge in [-0.25, -0.2) is 0 Å². The molecule has 0 aliphatic carbocycles. The summed E-state index contributed by atoms with van der Waals surface area (Å²) in [5, 5.41) is 0. The van der Waals surface area contributed by atoms with E-state index in [4.69, 9.17) is 4.74 Å². The number of quaternary nitrogens is 1. The summed E-state index contributed by atoms with van der Waals surface area (Å²) in [6, 6.07) is 0. The standard InChI is InChI=1S/C10H18NO2/c1-11-5-3-8(4-6-11)9(7-11)10(12)13-2/h8-9H,3-7H2,1-2H3/q+1/t8?,9-,11?/m1/s1. The van der Waals surface area contributed by atoms with E-state index >= 15 is 0 Å². The van der Waals surface area contributed by atoms with Crippen LogP contribution in [0.1, 0.15) is 12.8 Å². The maximum atomic E-state index is 11.5. The number of piperidine rings is 3. The molecule has 3 heterocycles. The van der Waals surface area contributed by atoms with E-state index in [2.05, 4.69) is 7.05 Å². The molecule has 3 saturated heterocycles. The monoisotopic (exact) mass is 184 g/mol. The van der Waals surface area contributed by atoms with Gasteiger partial charge in [-0.05, 0) is 5.92 Å². The van der Waals surface area contributed by atoms with Gasteiger partial charge in [0.1, 0.15) is 5.92 Å². The van der Waals surface area contributed by atoms with E-state index < -0.39 is 0 Å². The van der Waals surface area contributed by atoms with Crippen molar-refractivity contribution in [3.63, 3.8) is 0 Å². The molecule has 0 aromatic carbocycles. The molecular formula is C10H18NO2+. The highest BCUT2D eigenvalue weighted by molar-refractivity contribution is 5.73. The number of methoxy groups -OCH3 is 1. The van der Waals surface area contributed by atoms with E-state index in [9.17, 15) is 4.79 Å². The Morgan fingerprint density at radius 1 is 1.38 bits per heavy atom. The molecule has 3 nitrogen and oxygen atoms in total. The molecule has 0 radical (unpaired) electrons. The van der Waals surface area contributed by atoms with Crippen LogP contribution in [0.5, 0.6) is 0 Å². The van der Waals surface area contributed by atoms with Crippen molar-refractivity contribution < 1.29 is 14.0 Å². The Balaban J connectivity index is 2.11. The summed E-state index contributed by atoms with van der Waals surface area (Å²) in [6.07, 6.45) is 2.41. The first-order chi connectivity index (χ1) is 6.14. The molecule has 0 aromatic rings. The summed E-state index contributed by atoms with van der Waals surface area (Å²) < 4.78 is 5.92. The first-order valence-corrected chi connectivity index (χ1v) is 5.06. The normalized spacial score (nSPS) is 43.2. The van der Waals surface area contributed by atoms with Gasteiger partial charge in [0.15, 0.2) is 0 Å². The molecule has 2 bridgehead atoms. The molecule has 74 valence electrons. The van der Waals surface area contributed by atoms with E-state index in [1.807, 2.05) is 0 Å². The van der Waals surface area contributed by atoms with Gasteiger partial charge < -0.3 is 9.22 Å². The second kappa shape index (κ2) is 2.98. The summed E-state index contributed by atoms with van der Waals surface area (Å²) in [6.45, 7) is 3.49. The quantitative estimate of drug-likeness (QED) is 0.442. The average molecular weight is 184 g/mol. The molecule has 0 unspecified atom stereocenters. The number of carbonyl (C=O) groups excluding carboxylic acids is 1. The lowest BCUT2D eigenvalue weighted by molar-refractivity contribution is -0.927. The molecule has 1 atom stereocenters. The highest BCUT2D eigenvalue weighted by Crippen LogP contribution is 2.36. The Labute approximate surface area is 79.3 Å². The van der Waals surface area contributed by atoms with Crippen molar-refractivity contribution in [1.29, 1.82) is 0 Å². The van der Waals surface area contributed by atoms with Crippen molar-refractivity contribution in [1.82, 2.24) is 0 Å². The predicted molar refractivity (Wildman–Crippen MR) is 49.0 cm³/mol. The summed E-state index contributed by atoms with van der Waals surface area (Å²) in [5.74, 6) is 0.790. The van der Waals surface area contributed by atoms with E-state index in [0.717, 1.165) is 11.0 Å². The lowest BCUT2D eigenvalue weighted by atomic mass is 9.77. The van der Waals surface area contributed by atoms with E-state index in [1.165, 1.54) is 33.0 Å². The predicted octanol–water partition coefficient (Wildman–Crippen LogP) is 0.646. The Bertz CT molecular complexity index is 219. The van der Waals surface area contributed by atoms with Crippen LogP contribution in [0.3, 0.4) is 0 Å². The first kappa shape index (κ1) is 9.00. The number of rotatable bonds is 1. The topological polar surface area (TPSA) is 26.3 Å². The van der Waals surface area contributed by atoms with Gasteiger partial charge in [0, 0.05) is 12.8 Å². The van der Waals surface area contributed by atoms with Gasteiger partial charge in [-0.1, -0.05) is 0 Å². The minimum atomic E-state index is 0.00810. The molecule has 3 fully saturated rings. The Morgan fingerprint density at radius 3 is 2.46 bits per heavy atom. The third-order valence-electron chi connectivity index (χ3n) is 3.79. The van der Waals surface area contributed by atoms with Gasteiger partial charge >= 0.3 is 5.97 Å². The summed E-state index contributed by atoms with van der Waals surface area (Å²) in [4.78, 5) is 11.5. The molecule has 3 aliphatic rings. The molecule has 0 spiro atoms. The van der Waals surface area contributed by atoms with Crippen LogP contribution in [-0.4, -0.2) is 44.2 Å². The molecule has 3 heteroatoms. The van der Waals surface area contributed by atoms with Gasteiger partial charge in [-0.2, -0.15) is 0 Å². The molecule has 3 aliphatic heterocycles. The number of hydrogen-bond donors (Lipinski definition) is 0. The van der Waals surface area contributed by atoms with Crippen LogP contribution in [0.25, 0.3) is 0 Å². The van der Waals surface area contributed by atoms with Crippen LogP contribution >= 0.6 is 0 Å². The lowest BCUT2D eigenvalue weighted by Gasteiger charge is -2.49. The van der Waals surface area contributed by atoms with Crippen molar-refractivity contribution in [2.45, 2.75) is 12.8 Å². The second-order valence-electron chi connectivity index (χ2n) is 4.72. The fraction of sp³-hybridized carbons (Fsp3) is 0.900. The third-order valence-corrected chi connectivity index (χ3v) is 3.79. The zero-order chi connectivity index (χ0) is 9.47. The molecule has 13 heavy (non-hydrogen) atoms. The fourth-order valence-corrected chi connectivity index (χ4v) is 2.84. The van der Waals surface area contributed by atoms with Crippen molar-refractivity contribution >= 4 is 5.97 Å². The highest BCUT2D eigenvalue weighted by atomic mass is 16.5. The van der Waals surface area contributed by atoms with Gasteiger partial charge in [0.2, 0.25) is 0 Å². The minimum absolute atomic E-state index is 0.00810. The Kier molecular flexibility index (Phi) is 2.06. The van der Waals surface area contributed by atoms with Gasteiger partial charge in [0.05, 0.1) is 33.8 Å². The van der Waals surface area contributed by atoms with Crippen LogP contribution in [0, 0.1) is 11.8 Å². The van der Waals surface area contributed by atoms with Crippen LogP contribution in [-0.2, 0) is 9.53 Å². The maximum Gasteiger partial charge on any atom is 0.314 e. The number of carbonyl (C=O) groups is 1. The number of fused-ring (bicyclic) bond motifs is 3. The number of hydrogen-bond acceptors (Lipinski definition) is 2. The second-order valence-corrected chi connectivity index (χ2v) is 4.72. The van der Waals surface area contributed by atoms with Crippen LogP contribution in [0.2, 0.25) is 0 Å². The average Bonchev–Trinajstić information content (AvgIpc) is 2.16. The molecule has 3 rings (SSSR count).